The van der Waals surface area contributed by atoms with E-state index >= 15 is 0 Å². The number of nitrogens with zero attached hydrogens (tertiary/aromatic N) is 1. The van der Waals surface area contributed by atoms with Gasteiger partial charge in [0.25, 0.3) is 11.6 Å². The molecule has 0 unspecified atom stereocenters. The second-order valence-corrected chi connectivity index (χ2v) is 5.52. The summed E-state index contributed by atoms with van der Waals surface area (Å²) in [4.78, 5) is 22.3. The number of non-ortho nitro benzene ring substituents is 1. The number of hydrogen-bond acceptors (Lipinski definition) is 4. The number of carbonyl (C=O) groups excluding carboxylic acids is 1. The standard InChI is InChI=1S/C15H12ClN3O3S/c1-9-7-12(19(21)22)5-6-13(9)17-15(23)18-14(20)10-3-2-4-11(16)8-10/h2-8H,1H3,(H2,17,18,20,23). The Morgan fingerprint density at radius 1 is 1.26 bits per heavy atom. The fourth-order valence-electron chi connectivity index (χ4n) is 1.86. The molecule has 0 bridgehead atoms. The maximum Gasteiger partial charge on any atom is 0.269 e. The van der Waals surface area contributed by atoms with Crippen molar-refractivity contribution in [2.45, 2.75) is 6.92 Å². The topological polar surface area (TPSA) is 84.3 Å². The van der Waals surface area contributed by atoms with Crippen LogP contribution in [0.15, 0.2) is 42.5 Å². The molecule has 0 saturated heterocycles. The van der Waals surface area contributed by atoms with Gasteiger partial charge in [0.05, 0.1) is 4.92 Å². The second kappa shape index (κ2) is 7.17. The average Bonchev–Trinajstić information content (AvgIpc) is 2.49. The van der Waals surface area contributed by atoms with Crippen molar-refractivity contribution in [3.05, 3.63) is 68.7 Å². The van der Waals surface area contributed by atoms with E-state index in [-0.39, 0.29) is 10.8 Å². The van der Waals surface area contributed by atoms with Gasteiger partial charge in [-0.1, -0.05) is 17.7 Å². The van der Waals surface area contributed by atoms with Gasteiger partial charge in [0.1, 0.15) is 0 Å². The number of nitro groups is 1. The lowest BCUT2D eigenvalue weighted by Gasteiger charge is -2.11. The van der Waals surface area contributed by atoms with E-state index in [4.69, 9.17) is 23.8 Å². The fraction of sp³-hybridized carbons (Fsp3) is 0.0667. The predicted octanol–water partition coefficient (Wildman–Crippen LogP) is 3.68. The van der Waals surface area contributed by atoms with Crippen molar-refractivity contribution in [3.8, 4) is 0 Å². The normalized spacial score (nSPS) is 10.0. The molecule has 0 radical (unpaired) electrons. The van der Waals surface area contributed by atoms with Crippen LogP contribution >= 0.6 is 23.8 Å². The van der Waals surface area contributed by atoms with Gasteiger partial charge in [-0.25, -0.2) is 0 Å². The average molecular weight is 350 g/mol. The number of rotatable bonds is 3. The maximum absolute atomic E-state index is 12.0. The smallest absolute Gasteiger partial charge is 0.269 e. The molecule has 0 spiro atoms. The van der Waals surface area contributed by atoms with E-state index in [1.165, 1.54) is 24.3 Å². The first-order valence-corrected chi connectivity index (χ1v) is 7.28. The minimum absolute atomic E-state index is 0.0121. The van der Waals surface area contributed by atoms with E-state index in [0.29, 0.717) is 21.8 Å². The van der Waals surface area contributed by atoms with E-state index < -0.39 is 10.8 Å². The van der Waals surface area contributed by atoms with E-state index in [9.17, 15) is 14.9 Å². The molecule has 1 amide bonds. The van der Waals surface area contributed by atoms with Gasteiger partial charge < -0.3 is 5.32 Å². The van der Waals surface area contributed by atoms with Crippen molar-refractivity contribution in [3.63, 3.8) is 0 Å². The summed E-state index contributed by atoms with van der Waals surface area (Å²) in [6, 6.07) is 10.8. The molecule has 0 atom stereocenters. The first kappa shape index (κ1) is 16.9. The summed E-state index contributed by atoms with van der Waals surface area (Å²) in [7, 11) is 0. The third-order valence-corrected chi connectivity index (χ3v) is 3.42. The molecule has 23 heavy (non-hydrogen) atoms. The van der Waals surface area contributed by atoms with Gasteiger partial charge in [-0.2, -0.15) is 0 Å². The van der Waals surface area contributed by atoms with E-state index in [1.807, 2.05) is 0 Å². The molecule has 0 aliphatic carbocycles. The van der Waals surface area contributed by atoms with E-state index in [0.717, 1.165) is 0 Å². The Balaban J connectivity index is 2.05. The summed E-state index contributed by atoms with van der Waals surface area (Å²) in [5, 5.41) is 16.6. The molecule has 0 aliphatic heterocycles. The Morgan fingerprint density at radius 3 is 2.61 bits per heavy atom. The molecule has 0 heterocycles. The molecular formula is C15H12ClN3O3S. The van der Waals surface area contributed by atoms with Crippen molar-refractivity contribution < 1.29 is 9.72 Å². The largest absolute Gasteiger partial charge is 0.332 e. The molecular weight excluding hydrogens is 338 g/mol. The monoisotopic (exact) mass is 349 g/mol. The lowest BCUT2D eigenvalue weighted by atomic mass is 10.2. The number of nitrogens with one attached hydrogen (secondary N) is 2. The minimum Gasteiger partial charge on any atom is -0.332 e. The lowest BCUT2D eigenvalue weighted by Crippen LogP contribution is -2.34. The van der Waals surface area contributed by atoms with Crippen molar-refractivity contribution in [1.29, 1.82) is 0 Å². The van der Waals surface area contributed by atoms with E-state index in [2.05, 4.69) is 10.6 Å². The quantitative estimate of drug-likeness (QED) is 0.501. The highest BCUT2D eigenvalue weighted by Gasteiger charge is 2.11. The van der Waals surface area contributed by atoms with Gasteiger partial charge in [-0.3, -0.25) is 20.2 Å². The van der Waals surface area contributed by atoms with Crippen LogP contribution in [0.4, 0.5) is 11.4 Å². The van der Waals surface area contributed by atoms with Crippen LogP contribution in [0.5, 0.6) is 0 Å². The van der Waals surface area contributed by atoms with Crippen molar-refractivity contribution in [2.24, 2.45) is 0 Å². The first-order chi connectivity index (χ1) is 10.9. The van der Waals surface area contributed by atoms with Crippen LogP contribution in [0.25, 0.3) is 0 Å². The number of halogens is 1. The van der Waals surface area contributed by atoms with Gasteiger partial charge in [0.2, 0.25) is 0 Å². The van der Waals surface area contributed by atoms with Crippen LogP contribution in [-0.2, 0) is 0 Å². The van der Waals surface area contributed by atoms with Crippen molar-refractivity contribution in [1.82, 2.24) is 5.32 Å². The molecule has 2 aromatic carbocycles. The maximum atomic E-state index is 12.0. The van der Waals surface area contributed by atoms with Gasteiger partial charge >= 0.3 is 0 Å². The number of thiocarbonyl (C=S) groups is 1. The van der Waals surface area contributed by atoms with Gasteiger partial charge in [-0.15, -0.1) is 0 Å². The Morgan fingerprint density at radius 2 is 2.00 bits per heavy atom. The highest BCUT2D eigenvalue weighted by atomic mass is 35.5. The molecule has 0 aliphatic rings. The number of carbonyl (C=O) groups is 1. The fourth-order valence-corrected chi connectivity index (χ4v) is 2.25. The third-order valence-electron chi connectivity index (χ3n) is 2.98. The highest BCUT2D eigenvalue weighted by molar-refractivity contribution is 7.80. The molecule has 118 valence electrons. The molecule has 2 aromatic rings. The summed E-state index contributed by atoms with van der Waals surface area (Å²) in [6.07, 6.45) is 0. The van der Waals surface area contributed by atoms with Gasteiger partial charge in [-0.05, 0) is 49.0 Å². The summed E-state index contributed by atoms with van der Waals surface area (Å²) >= 11 is 10.9. The van der Waals surface area contributed by atoms with Crippen molar-refractivity contribution in [2.75, 3.05) is 5.32 Å². The Bertz CT molecular complexity index is 795. The number of aryl methyl sites for hydroxylation is 1. The van der Waals surface area contributed by atoms with E-state index in [1.54, 1.807) is 25.1 Å². The van der Waals surface area contributed by atoms with Crippen LogP contribution in [0.2, 0.25) is 5.02 Å². The Labute approximate surface area is 142 Å². The van der Waals surface area contributed by atoms with Crippen LogP contribution in [0.1, 0.15) is 15.9 Å². The zero-order valence-corrected chi connectivity index (χ0v) is 13.6. The molecule has 0 fully saturated rings. The molecule has 2 N–H and O–H groups in total. The number of benzene rings is 2. The third kappa shape index (κ3) is 4.48. The number of amides is 1. The van der Waals surface area contributed by atoms with Gasteiger partial charge in [0, 0.05) is 28.4 Å². The highest BCUT2D eigenvalue weighted by Crippen LogP contribution is 2.21. The number of nitro benzene ring substituents is 1. The molecule has 0 aromatic heterocycles. The van der Waals surface area contributed by atoms with Crippen LogP contribution in [0.3, 0.4) is 0 Å². The summed E-state index contributed by atoms with van der Waals surface area (Å²) in [6.45, 7) is 1.71. The van der Waals surface area contributed by atoms with Crippen LogP contribution in [-0.4, -0.2) is 15.9 Å². The Kier molecular flexibility index (Phi) is 5.25. The predicted molar refractivity (Wildman–Crippen MR) is 93.0 cm³/mol. The van der Waals surface area contributed by atoms with Crippen LogP contribution < -0.4 is 10.6 Å². The molecule has 6 nitrogen and oxygen atoms in total. The number of anilines is 1. The molecule has 0 saturated carbocycles. The summed E-state index contributed by atoms with van der Waals surface area (Å²) in [5.74, 6) is -0.399. The number of hydrogen-bond donors (Lipinski definition) is 2. The second-order valence-electron chi connectivity index (χ2n) is 4.67. The zero-order chi connectivity index (χ0) is 17.0. The van der Waals surface area contributed by atoms with Gasteiger partial charge in [0.15, 0.2) is 5.11 Å². The molecule has 2 rings (SSSR count). The minimum atomic E-state index is -0.476. The lowest BCUT2D eigenvalue weighted by molar-refractivity contribution is -0.384. The summed E-state index contributed by atoms with van der Waals surface area (Å²) < 4.78 is 0. The summed E-state index contributed by atoms with van der Waals surface area (Å²) in [5.41, 5.74) is 1.58. The first-order valence-electron chi connectivity index (χ1n) is 6.50. The van der Waals surface area contributed by atoms with Crippen LogP contribution in [0, 0.1) is 17.0 Å². The SMILES string of the molecule is Cc1cc([N+](=O)[O-])ccc1NC(=S)NC(=O)c1cccc(Cl)c1. The zero-order valence-electron chi connectivity index (χ0n) is 12.0. The van der Waals surface area contributed by atoms with Crippen molar-refractivity contribution >= 4 is 46.2 Å². The Hall–Kier alpha value is -2.51. The molecule has 8 heteroatoms.